The molecule has 1 fully saturated rings. The Kier molecular flexibility index (Phi) is 2.39. The predicted octanol–water partition coefficient (Wildman–Crippen LogP) is 2.66. The zero-order chi connectivity index (χ0) is 11.8. The van der Waals surface area contributed by atoms with Crippen molar-refractivity contribution in [3.05, 3.63) is 30.5 Å². The molecule has 17 heavy (non-hydrogen) atoms. The van der Waals surface area contributed by atoms with Gasteiger partial charge < -0.3 is 10.6 Å². The molecule has 0 saturated carbocycles. The van der Waals surface area contributed by atoms with Gasteiger partial charge in [-0.3, -0.25) is 4.98 Å². The molecule has 3 nitrogen and oxygen atoms in total. The Morgan fingerprint density at radius 1 is 1.35 bits per heavy atom. The number of para-hydroxylation sites is 1. The van der Waals surface area contributed by atoms with E-state index >= 15 is 0 Å². The van der Waals surface area contributed by atoms with E-state index in [4.69, 9.17) is 5.73 Å². The van der Waals surface area contributed by atoms with Crippen molar-refractivity contribution in [3.63, 3.8) is 0 Å². The molecule has 1 aliphatic rings. The third-order valence-electron chi connectivity index (χ3n) is 3.54. The number of nitrogens with zero attached hydrogens (tertiary/aromatic N) is 2. The van der Waals surface area contributed by atoms with E-state index in [0.29, 0.717) is 0 Å². The van der Waals surface area contributed by atoms with Crippen LogP contribution in [0.15, 0.2) is 30.5 Å². The number of hydrogen-bond acceptors (Lipinski definition) is 3. The molecule has 1 atom stereocenters. The first-order valence-corrected chi connectivity index (χ1v) is 6.14. The molecule has 2 heterocycles. The van der Waals surface area contributed by atoms with Gasteiger partial charge in [0.1, 0.15) is 0 Å². The van der Waals surface area contributed by atoms with Gasteiger partial charge in [-0.2, -0.15) is 0 Å². The highest BCUT2D eigenvalue weighted by Gasteiger charge is 2.20. The summed E-state index contributed by atoms with van der Waals surface area (Å²) in [7, 11) is 0. The van der Waals surface area contributed by atoms with Gasteiger partial charge in [0.15, 0.2) is 0 Å². The lowest BCUT2D eigenvalue weighted by atomic mass is 10.1. The summed E-state index contributed by atoms with van der Waals surface area (Å²) in [5.41, 5.74) is 8.92. The molecule has 2 aromatic rings. The lowest BCUT2D eigenvalue weighted by Crippen LogP contribution is -2.19. The monoisotopic (exact) mass is 227 g/mol. The molecule has 0 amide bonds. The summed E-state index contributed by atoms with van der Waals surface area (Å²) >= 11 is 0. The van der Waals surface area contributed by atoms with Crippen LogP contribution in [0.2, 0.25) is 0 Å². The Balaban J connectivity index is 2.13. The molecule has 1 unspecified atom stereocenters. The second-order valence-corrected chi connectivity index (χ2v) is 4.91. The van der Waals surface area contributed by atoms with Gasteiger partial charge >= 0.3 is 0 Å². The highest BCUT2D eigenvalue weighted by Crippen LogP contribution is 2.31. The van der Waals surface area contributed by atoms with Gasteiger partial charge in [-0.1, -0.05) is 19.1 Å². The quantitative estimate of drug-likeness (QED) is 0.762. The van der Waals surface area contributed by atoms with Crippen molar-refractivity contribution in [2.24, 2.45) is 5.92 Å². The number of nitrogen functional groups attached to an aromatic ring is 1. The molecule has 0 radical (unpaired) electrons. The zero-order valence-electron chi connectivity index (χ0n) is 10.1. The number of nitrogens with two attached hydrogens (primary N) is 1. The molecule has 1 aliphatic heterocycles. The van der Waals surface area contributed by atoms with E-state index in [9.17, 15) is 0 Å². The van der Waals surface area contributed by atoms with E-state index < -0.39 is 0 Å². The summed E-state index contributed by atoms with van der Waals surface area (Å²) < 4.78 is 0. The Hall–Kier alpha value is -1.77. The second kappa shape index (κ2) is 3.91. The maximum atomic E-state index is 5.97. The van der Waals surface area contributed by atoms with Gasteiger partial charge in [0, 0.05) is 30.4 Å². The van der Waals surface area contributed by atoms with Crippen molar-refractivity contribution >= 4 is 22.3 Å². The van der Waals surface area contributed by atoms with Crippen molar-refractivity contribution in [2.45, 2.75) is 13.3 Å². The molecule has 3 heteroatoms. The van der Waals surface area contributed by atoms with Crippen LogP contribution >= 0.6 is 0 Å². The molecular weight excluding hydrogens is 210 g/mol. The highest BCUT2D eigenvalue weighted by atomic mass is 15.2. The lowest BCUT2D eigenvalue weighted by Gasteiger charge is -2.20. The minimum Gasteiger partial charge on any atom is -0.397 e. The summed E-state index contributed by atoms with van der Waals surface area (Å²) in [5, 5.41) is 1.17. The van der Waals surface area contributed by atoms with Crippen molar-refractivity contribution in [2.75, 3.05) is 23.7 Å². The average molecular weight is 227 g/mol. The maximum Gasteiger partial charge on any atom is 0.0951 e. The molecule has 1 aromatic heterocycles. The molecule has 1 aromatic carbocycles. The molecule has 1 saturated heterocycles. The van der Waals surface area contributed by atoms with Crippen LogP contribution in [0.5, 0.6) is 0 Å². The topological polar surface area (TPSA) is 42.2 Å². The predicted molar refractivity (Wildman–Crippen MR) is 72.1 cm³/mol. The summed E-state index contributed by atoms with van der Waals surface area (Å²) in [4.78, 5) is 6.82. The smallest absolute Gasteiger partial charge is 0.0951 e. The Bertz CT molecular complexity index is 550. The third kappa shape index (κ3) is 1.71. The molecule has 3 rings (SSSR count). The van der Waals surface area contributed by atoms with Crippen LogP contribution < -0.4 is 10.6 Å². The standard InChI is InChI=1S/C14H17N3/c1-10-6-8-17(9-10)13-5-7-16-14-11(13)3-2-4-12(14)15/h2-5,7,10H,6,8-9,15H2,1H3. The number of aromatic nitrogens is 1. The zero-order valence-corrected chi connectivity index (χ0v) is 10.1. The molecular formula is C14H17N3. The number of pyridine rings is 1. The first-order valence-electron chi connectivity index (χ1n) is 6.14. The van der Waals surface area contributed by atoms with Gasteiger partial charge in [-0.25, -0.2) is 0 Å². The Labute approximate surface area is 101 Å². The number of anilines is 2. The highest BCUT2D eigenvalue weighted by molar-refractivity contribution is 5.98. The van der Waals surface area contributed by atoms with Gasteiger partial charge in [0.25, 0.3) is 0 Å². The largest absolute Gasteiger partial charge is 0.397 e. The fourth-order valence-corrected chi connectivity index (χ4v) is 2.61. The number of fused-ring (bicyclic) bond motifs is 1. The third-order valence-corrected chi connectivity index (χ3v) is 3.54. The molecule has 2 N–H and O–H groups in total. The van der Waals surface area contributed by atoms with E-state index in [1.807, 2.05) is 18.3 Å². The first-order chi connectivity index (χ1) is 8.25. The van der Waals surface area contributed by atoms with E-state index in [0.717, 1.165) is 30.2 Å². The van der Waals surface area contributed by atoms with Crippen LogP contribution in [-0.4, -0.2) is 18.1 Å². The van der Waals surface area contributed by atoms with Crippen molar-refractivity contribution < 1.29 is 0 Å². The first kappa shape index (κ1) is 10.4. The summed E-state index contributed by atoms with van der Waals surface area (Å²) in [5.74, 6) is 0.777. The van der Waals surface area contributed by atoms with Gasteiger partial charge in [-0.15, -0.1) is 0 Å². The van der Waals surface area contributed by atoms with Crippen molar-refractivity contribution in [3.8, 4) is 0 Å². The maximum absolute atomic E-state index is 5.97. The van der Waals surface area contributed by atoms with Gasteiger partial charge in [-0.05, 0) is 24.5 Å². The van der Waals surface area contributed by atoms with E-state index in [2.05, 4.69) is 28.9 Å². The number of hydrogen-bond donors (Lipinski definition) is 1. The Morgan fingerprint density at radius 2 is 2.24 bits per heavy atom. The van der Waals surface area contributed by atoms with Crippen LogP contribution in [0.25, 0.3) is 10.9 Å². The summed E-state index contributed by atoms with van der Waals surface area (Å²) in [6, 6.07) is 8.12. The van der Waals surface area contributed by atoms with Crippen LogP contribution in [0.3, 0.4) is 0 Å². The Morgan fingerprint density at radius 3 is 3.00 bits per heavy atom. The lowest BCUT2D eigenvalue weighted by molar-refractivity contribution is 0.659. The molecule has 0 bridgehead atoms. The van der Waals surface area contributed by atoms with E-state index in [1.54, 1.807) is 0 Å². The van der Waals surface area contributed by atoms with Gasteiger partial charge in [0.2, 0.25) is 0 Å². The normalized spacial score (nSPS) is 20.1. The van der Waals surface area contributed by atoms with Crippen LogP contribution in [0.1, 0.15) is 13.3 Å². The molecule has 0 aliphatic carbocycles. The van der Waals surface area contributed by atoms with E-state index in [-0.39, 0.29) is 0 Å². The minimum atomic E-state index is 0.761. The van der Waals surface area contributed by atoms with Crippen LogP contribution in [0, 0.1) is 5.92 Å². The van der Waals surface area contributed by atoms with Crippen molar-refractivity contribution in [1.82, 2.24) is 4.98 Å². The number of rotatable bonds is 1. The summed E-state index contributed by atoms with van der Waals surface area (Å²) in [6.45, 7) is 4.57. The summed E-state index contributed by atoms with van der Waals surface area (Å²) in [6.07, 6.45) is 3.13. The molecule has 0 spiro atoms. The van der Waals surface area contributed by atoms with Gasteiger partial charge in [0.05, 0.1) is 11.2 Å². The fraction of sp³-hybridized carbons (Fsp3) is 0.357. The van der Waals surface area contributed by atoms with E-state index in [1.165, 1.54) is 17.5 Å². The van der Waals surface area contributed by atoms with Crippen LogP contribution in [0.4, 0.5) is 11.4 Å². The number of benzene rings is 1. The van der Waals surface area contributed by atoms with Crippen LogP contribution in [-0.2, 0) is 0 Å². The molecule has 88 valence electrons. The average Bonchev–Trinajstić information content (AvgIpc) is 2.76. The van der Waals surface area contributed by atoms with Crippen molar-refractivity contribution in [1.29, 1.82) is 0 Å². The minimum absolute atomic E-state index is 0.761. The second-order valence-electron chi connectivity index (χ2n) is 4.91. The SMILES string of the molecule is CC1CCN(c2ccnc3c(N)cccc23)C1. The fourth-order valence-electron chi connectivity index (χ4n) is 2.61.